The molecule has 2 heterocycles. The van der Waals surface area contributed by atoms with Crippen molar-refractivity contribution in [2.75, 3.05) is 0 Å². The molecule has 0 aliphatic rings. The quantitative estimate of drug-likeness (QED) is 0.693. The van der Waals surface area contributed by atoms with Crippen LogP contribution in [-0.4, -0.2) is 19.5 Å². The summed E-state index contributed by atoms with van der Waals surface area (Å²) in [5.74, 6) is 1.06. The van der Waals surface area contributed by atoms with Gasteiger partial charge in [0.15, 0.2) is 11.3 Å². The second-order valence-electron chi connectivity index (χ2n) is 3.04. The highest BCUT2D eigenvalue weighted by atomic mass is 15.1. The van der Waals surface area contributed by atoms with Gasteiger partial charge in [-0.1, -0.05) is 6.92 Å². The van der Waals surface area contributed by atoms with Crippen molar-refractivity contribution in [3.8, 4) is 0 Å². The van der Waals surface area contributed by atoms with Crippen LogP contribution in [0.25, 0.3) is 11.3 Å². The van der Waals surface area contributed by atoms with Crippen LogP contribution in [-0.2, 0) is 13.5 Å². The Morgan fingerprint density at radius 3 is 2.77 bits per heavy atom. The van der Waals surface area contributed by atoms with E-state index in [1.165, 1.54) is 0 Å². The number of hydrogen-bond donors (Lipinski definition) is 0. The summed E-state index contributed by atoms with van der Waals surface area (Å²) in [6.07, 6.45) is 5.44. The van der Waals surface area contributed by atoms with E-state index in [-0.39, 0.29) is 0 Å². The van der Waals surface area contributed by atoms with E-state index in [1.807, 2.05) is 11.6 Å². The molecule has 4 heteroatoms. The Kier molecular flexibility index (Phi) is 1.96. The first-order valence-corrected chi connectivity index (χ1v) is 4.45. The maximum atomic E-state index is 4.39. The van der Waals surface area contributed by atoms with E-state index >= 15 is 0 Å². The van der Waals surface area contributed by atoms with E-state index in [4.69, 9.17) is 0 Å². The summed E-state index contributed by atoms with van der Waals surface area (Å²) in [5.41, 5.74) is 1.61. The van der Waals surface area contributed by atoms with Gasteiger partial charge in [-0.25, -0.2) is 15.0 Å². The normalized spacial score (nSPS) is 10.9. The number of imidazole rings is 1. The van der Waals surface area contributed by atoms with Crippen LogP contribution in [0.5, 0.6) is 0 Å². The summed E-state index contributed by atoms with van der Waals surface area (Å²) in [4.78, 5) is 12.8. The molecule has 2 aromatic heterocycles. The maximum Gasteiger partial charge on any atom is 0.197 e. The lowest BCUT2D eigenvalue weighted by Crippen LogP contribution is -1.97. The summed E-state index contributed by atoms with van der Waals surface area (Å²) in [6.45, 7) is 2.14. The molecule has 68 valence electrons. The third-order valence-corrected chi connectivity index (χ3v) is 2.07. The average molecular weight is 176 g/mol. The fourth-order valence-corrected chi connectivity index (χ4v) is 1.41. The highest BCUT2D eigenvalue weighted by molar-refractivity contribution is 5.65. The highest BCUT2D eigenvalue weighted by Gasteiger charge is 2.07. The molecule has 0 spiro atoms. The standard InChI is InChI=1S/C9H12N4/c1-3-4-7-12-8-9(13(7)2)11-6-5-10-8/h5-6H,3-4H2,1-2H3. The minimum Gasteiger partial charge on any atom is -0.314 e. The van der Waals surface area contributed by atoms with E-state index in [0.717, 1.165) is 30.0 Å². The Hall–Kier alpha value is -1.45. The van der Waals surface area contributed by atoms with Crippen molar-refractivity contribution < 1.29 is 0 Å². The zero-order valence-corrected chi connectivity index (χ0v) is 7.86. The van der Waals surface area contributed by atoms with Crippen LogP contribution in [0.4, 0.5) is 0 Å². The third-order valence-electron chi connectivity index (χ3n) is 2.07. The topological polar surface area (TPSA) is 43.6 Å². The summed E-state index contributed by atoms with van der Waals surface area (Å²) >= 11 is 0. The number of aryl methyl sites for hydroxylation is 2. The van der Waals surface area contributed by atoms with Gasteiger partial charge < -0.3 is 4.57 Å². The van der Waals surface area contributed by atoms with Crippen LogP contribution in [0.1, 0.15) is 19.2 Å². The molecule has 0 aliphatic heterocycles. The Bertz CT molecular complexity index is 418. The maximum absolute atomic E-state index is 4.39. The van der Waals surface area contributed by atoms with E-state index in [2.05, 4.69) is 21.9 Å². The number of hydrogen-bond acceptors (Lipinski definition) is 3. The first-order chi connectivity index (χ1) is 6.33. The van der Waals surface area contributed by atoms with E-state index in [0.29, 0.717) is 0 Å². The van der Waals surface area contributed by atoms with Crippen molar-refractivity contribution in [2.24, 2.45) is 7.05 Å². The van der Waals surface area contributed by atoms with Gasteiger partial charge in [-0.15, -0.1) is 0 Å². The van der Waals surface area contributed by atoms with Crippen molar-refractivity contribution in [1.82, 2.24) is 19.5 Å². The molecule has 0 atom stereocenters. The molecule has 13 heavy (non-hydrogen) atoms. The van der Waals surface area contributed by atoms with Crippen molar-refractivity contribution in [3.63, 3.8) is 0 Å². The molecule has 0 N–H and O–H groups in total. The largest absolute Gasteiger partial charge is 0.314 e. The third kappa shape index (κ3) is 1.28. The second-order valence-corrected chi connectivity index (χ2v) is 3.04. The first kappa shape index (κ1) is 8.16. The van der Waals surface area contributed by atoms with Crippen LogP contribution >= 0.6 is 0 Å². The zero-order chi connectivity index (χ0) is 9.26. The van der Waals surface area contributed by atoms with Crippen molar-refractivity contribution >= 4 is 11.3 Å². The van der Waals surface area contributed by atoms with Gasteiger partial charge in [-0.2, -0.15) is 0 Å². The summed E-state index contributed by atoms with van der Waals surface area (Å²) in [5, 5.41) is 0. The number of fused-ring (bicyclic) bond motifs is 1. The molecule has 2 aromatic rings. The smallest absolute Gasteiger partial charge is 0.197 e. The van der Waals surface area contributed by atoms with Crippen molar-refractivity contribution in [2.45, 2.75) is 19.8 Å². The molecule has 0 saturated heterocycles. The molecule has 0 bridgehead atoms. The highest BCUT2D eigenvalue weighted by Crippen LogP contribution is 2.09. The summed E-state index contributed by atoms with van der Waals surface area (Å²) in [7, 11) is 1.98. The monoisotopic (exact) mass is 176 g/mol. The molecule has 0 saturated carbocycles. The van der Waals surface area contributed by atoms with Gasteiger partial charge in [-0.3, -0.25) is 0 Å². The Morgan fingerprint density at radius 2 is 2.08 bits per heavy atom. The minimum absolute atomic E-state index is 0.744. The van der Waals surface area contributed by atoms with Gasteiger partial charge in [-0.05, 0) is 6.42 Å². The van der Waals surface area contributed by atoms with Gasteiger partial charge in [0.05, 0.1) is 0 Å². The van der Waals surface area contributed by atoms with Crippen molar-refractivity contribution in [1.29, 1.82) is 0 Å². The predicted octanol–water partition coefficient (Wildman–Crippen LogP) is 1.32. The van der Waals surface area contributed by atoms with Crippen molar-refractivity contribution in [3.05, 3.63) is 18.2 Å². The molecule has 0 aromatic carbocycles. The number of aromatic nitrogens is 4. The number of nitrogens with zero attached hydrogens (tertiary/aromatic N) is 4. The molecule has 0 amide bonds. The number of rotatable bonds is 2. The molecule has 0 unspecified atom stereocenters. The molecule has 4 nitrogen and oxygen atoms in total. The van der Waals surface area contributed by atoms with Gasteiger partial charge in [0.1, 0.15) is 5.82 Å². The fourth-order valence-electron chi connectivity index (χ4n) is 1.41. The molecule has 0 radical (unpaired) electrons. The predicted molar refractivity (Wildman–Crippen MR) is 50.3 cm³/mol. The van der Waals surface area contributed by atoms with Crippen LogP contribution in [0, 0.1) is 0 Å². The van der Waals surface area contributed by atoms with E-state index < -0.39 is 0 Å². The summed E-state index contributed by atoms with van der Waals surface area (Å²) < 4.78 is 2.01. The Labute approximate surface area is 76.7 Å². The van der Waals surface area contributed by atoms with Crippen LogP contribution in [0.2, 0.25) is 0 Å². The fraction of sp³-hybridized carbons (Fsp3) is 0.444. The van der Waals surface area contributed by atoms with Gasteiger partial charge in [0.25, 0.3) is 0 Å². The molecule has 2 rings (SSSR count). The zero-order valence-electron chi connectivity index (χ0n) is 7.86. The molecule has 0 fully saturated rings. The van der Waals surface area contributed by atoms with Crippen LogP contribution in [0.3, 0.4) is 0 Å². The van der Waals surface area contributed by atoms with Crippen LogP contribution in [0.15, 0.2) is 12.4 Å². The summed E-state index contributed by atoms with van der Waals surface area (Å²) in [6, 6.07) is 0. The van der Waals surface area contributed by atoms with Gasteiger partial charge in [0.2, 0.25) is 0 Å². The Morgan fingerprint density at radius 1 is 1.31 bits per heavy atom. The average Bonchev–Trinajstić information content (AvgIpc) is 2.46. The van der Waals surface area contributed by atoms with E-state index in [1.54, 1.807) is 12.4 Å². The first-order valence-electron chi connectivity index (χ1n) is 4.45. The van der Waals surface area contributed by atoms with Gasteiger partial charge in [0, 0.05) is 25.9 Å². The van der Waals surface area contributed by atoms with Crippen LogP contribution < -0.4 is 0 Å². The molecule has 0 aliphatic carbocycles. The molecular weight excluding hydrogens is 164 g/mol. The van der Waals surface area contributed by atoms with Gasteiger partial charge >= 0.3 is 0 Å². The minimum atomic E-state index is 0.744. The lowest BCUT2D eigenvalue weighted by atomic mass is 10.3. The molecular formula is C9H12N4. The lowest BCUT2D eigenvalue weighted by molar-refractivity contribution is 0.768. The second kappa shape index (κ2) is 3.12. The SMILES string of the molecule is CCCc1nc2nccnc2n1C. The Balaban J connectivity index is 2.60. The lowest BCUT2D eigenvalue weighted by Gasteiger charge is -1.97. The van der Waals surface area contributed by atoms with E-state index in [9.17, 15) is 0 Å².